The minimum Gasteiger partial charge on any atom is -0.383 e. The molecular weight excluding hydrogens is 228 g/mol. The molecule has 0 bridgehead atoms. The monoisotopic (exact) mass is 250 g/mol. The Hall–Kier alpha value is -0.600. The van der Waals surface area contributed by atoms with Gasteiger partial charge in [-0.25, -0.2) is 0 Å². The summed E-state index contributed by atoms with van der Waals surface area (Å²) in [5, 5.41) is 12.6. The minimum absolute atomic E-state index is 0.344. The van der Waals surface area contributed by atoms with E-state index in [-0.39, 0.29) is 6.10 Å². The van der Waals surface area contributed by atoms with Crippen molar-refractivity contribution in [2.75, 3.05) is 0 Å². The maximum atomic E-state index is 10.5. The van der Waals surface area contributed by atoms with Crippen molar-refractivity contribution in [3.8, 4) is 0 Å². The van der Waals surface area contributed by atoms with Crippen molar-refractivity contribution in [1.82, 2.24) is 0 Å². The Bertz CT molecular complexity index is 378. The zero-order valence-electron chi connectivity index (χ0n) is 10.6. The summed E-state index contributed by atoms with van der Waals surface area (Å²) in [6, 6.07) is 2.15. The topological polar surface area (TPSA) is 20.2 Å². The van der Waals surface area contributed by atoms with Crippen LogP contribution in [0.25, 0.3) is 0 Å². The van der Waals surface area contributed by atoms with Crippen LogP contribution in [0, 0.1) is 0 Å². The van der Waals surface area contributed by atoms with Crippen molar-refractivity contribution < 1.29 is 5.11 Å². The van der Waals surface area contributed by atoms with Crippen molar-refractivity contribution in [1.29, 1.82) is 0 Å². The van der Waals surface area contributed by atoms with Crippen LogP contribution in [0.15, 0.2) is 23.1 Å². The fraction of sp³-hybridized carbons (Fsp3) is 0.600. The smallest absolute Gasteiger partial charge is 0.109 e. The van der Waals surface area contributed by atoms with Gasteiger partial charge in [0.15, 0.2) is 0 Å². The van der Waals surface area contributed by atoms with Crippen LogP contribution in [0.2, 0.25) is 0 Å². The summed E-state index contributed by atoms with van der Waals surface area (Å²) < 4.78 is 0. The molecule has 1 aliphatic rings. The molecule has 2 rings (SSSR count). The average Bonchev–Trinajstić information content (AvgIpc) is 2.75. The Balaban J connectivity index is 2.14. The number of hydrogen-bond donors (Lipinski definition) is 1. The number of aliphatic hydroxyl groups is 1. The van der Waals surface area contributed by atoms with E-state index >= 15 is 0 Å². The van der Waals surface area contributed by atoms with E-state index in [0.29, 0.717) is 0 Å². The summed E-state index contributed by atoms with van der Waals surface area (Å²) in [5.41, 5.74) is 2.56. The second-order valence-corrected chi connectivity index (χ2v) is 5.75. The Labute approximate surface area is 108 Å². The first-order valence-corrected chi connectivity index (χ1v) is 7.64. The molecule has 1 N–H and O–H groups in total. The molecule has 0 aliphatic heterocycles. The third-order valence-corrected chi connectivity index (χ3v) is 4.60. The van der Waals surface area contributed by atoms with Crippen molar-refractivity contribution in [3.05, 3.63) is 33.5 Å². The molecule has 1 atom stereocenters. The van der Waals surface area contributed by atoms with Crippen molar-refractivity contribution in [3.63, 3.8) is 0 Å². The van der Waals surface area contributed by atoms with Crippen LogP contribution < -0.4 is 0 Å². The molecule has 0 saturated carbocycles. The largest absolute Gasteiger partial charge is 0.383 e. The van der Waals surface area contributed by atoms with Gasteiger partial charge in [0, 0.05) is 4.88 Å². The van der Waals surface area contributed by atoms with Gasteiger partial charge in [0.2, 0.25) is 0 Å². The van der Waals surface area contributed by atoms with Crippen LogP contribution in [-0.4, -0.2) is 5.11 Å². The zero-order chi connectivity index (χ0) is 12.1. The van der Waals surface area contributed by atoms with Gasteiger partial charge >= 0.3 is 0 Å². The highest BCUT2D eigenvalue weighted by Crippen LogP contribution is 2.33. The van der Waals surface area contributed by atoms with Gasteiger partial charge in [-0.1, -0.05) is 25.8 Å². The van der Waals surface area contributed by atoms with Gasteiger partial charge in [-0.15, -0.1) is 11.3 Å². The summed E-state index contributed by atoms with van der Waals surface area (Å²) in [4.78, 5) is 1.17. The predicted molar refractivity (Wildman–Crippen MR) is 74.4 cm³/mol. The number of rotatable bonds is 3. The maximum absolute atomic E-state index is 10.5. The van der Waals surface area contributed by atoms with Gasteiger partial charge in [0.05, 0.1) is 0 Å². The molecule has 2 heteroatoms. The zero-order valence-corrected chi connectivity index (χ0v) is 11.4. The number of aliphatic hydroxyl groups excluding tert-OH is 1. The van der Waals surface area contributed by atoms with E-state index in [1.807, 2.05) is 0 Å². The molecule has 0 radical (unpaired) electrons. The van der Waals surface area contributed by atoms with Crippen LogP contribution >= 0.6 is 11.3 Å². The lowest BCUT2D eigenvalue weighted by molar-refractivity contribution is 0.212. The van der Waals surface area contributed by atoms with Crippen molar-refractivity contribution in [2.45, 2.75) is 58.0 Å². The molecule has 94 valence electrons. The molecule has 0 saturated heterocycles. The lowest BCUT2D eigenvalue weighted by Crippen LogP contribution is -2.04. The normalized spacial score (nSPS) is 22.4. The SMILES string of the molecule is CCc1ccsc1C(O)/C1=C/CCCCCC1. The first-order valence-electron chi connectivity index (χ1n) is 6.76. The van der Waals surface area contributed by atoms with Crippen LogP contribution in [0.1, 0.15) is 62.0 Å². The first-order chi connectivity index (χ1) is 8.33. The lowest BCUT2D eigenvalue weighted by Gasteiger charge is -2.17. The molecule has 17 heavy (non-hydrogen) atoms. The Morgan fingerprint density at radius 1 is 1.29 bits per heavy atom. The Kier molecular flexibility index (Phi) is 4.81. The summed E-state index contributed by atoms with van der Waals surface area (Å²) in [6.07, 6.45) is 10.3. The van der Waals surface area contributed by atoms with E-state index in [9.17, 15) is 5.11 Å². The van der Waals surface area contributed by atoms with Gasteiger partial charge in [-0.05, 0) is 54.7 Å². The number of aryl methyl sites for hydroxylation is 1. The molecule has 0 aromatic carbocycles. The lowest BCUT2D eigenvalue weighted by atomic mass is 9.94. The van der Waals surface area contributed by atoms with Gasteiger partial charge in [-0.2, -0.15) is 0 Å². The van der Waals surface area contributed by atoms with Gasteiger partial charge < -0.3 is 5.11 Å². The first kappa shape index (κ1) is 12.8. The maximum Gasteiger partial charge on any atom is 0.109 e. The van der Waals surface area contributed by atoms with Crippen LogP contribution in [0.3, 0.4) is 0 Å². The highest BCUT2D eigenvalue weighted by atomic mass is 32.1. The molecule has 1 aliphatic carbocycles. The second-order valence-electron chi connectivity index (χ2n) is 4.80. The number of thiophene rings is 1. The Morgan fingerprint density at radius 3 is 2.94 bits per heavy atom. The molecule has 1 unspecified atom stereocenters. The van der Waals surface area contributed by atoms with Gasteiger partial charge in [0.25, 0.3) is 0 Å². The second kappa shape index (κ2) is 6.36. The fourth-order valence-electron chi connectivity index (χ4n) is 2.51. The third kappa shape index (κ3) is 3.20. The molecule has 0 spiro atoms. The molecule has 1 aromatic heterocycles. The summed E-state index contributed by atoms with van der Waals surface area (Å²) in [7, 11) is 0. The van der Waals surface area contributed by atoms with E-state index < -0.39 is 0 Å². The van der Waals surface area contributed by atoms with Crippen molar-refractivity contribution in [2.24, 2.45) is 0 Å². The fourth-order valence-corrected chi connectivity index (χ4v) is 3.54. The number of allylic oxidation sites excluding steroid dienone is 1. The number of hydrogen-bond acceptors (Lipinski definition) is 2. The third-order valence-electron chi connectivity index (χ3n) is 3.59. The Morgan fingerprint density at radius 2 is 2.12 bits per heavy atom. The van der Waals surface area contributed by atoms with Crippen LogP contribution in [-0.2, 0) is 6.42 Å². The predicted octanol–water partition coefficient (Wildman–Crippen LogP) is 4.62. The quantitative estimate of drug-likeness (QED) is 0.776. The van der Waals surface area contributed by atoms with Gasteiger partial charge in [-0.3, -0.25) is 0 Å². The summed E-state index contributed by atoms with van der Waals surface area (Å²) in [6.45, 7) is 2.16. The molecule has 1 heterocycles. The minimum atomic E-state index is -0.344. The van der Waals surface area contributed by atoms with E-state index in [2.05, 4.69) is 24.4 Å². The summed E-state index contributed by atoms with van der Waals surface area (Å²) in [5.74, 6) is 0. The highest BCUT2D eigenvalue weighted by Gasteiger charge is 2.17. The van der Waals surface area contributed by atoms with Crippen LogP contribution in [0.4, 0.5) is 0 Å². The summed E-state index contributed by atoms with van der Waals surface area (Å²) >= 11 is 1.70. The van der Waals surface area contributed by atoms with Crippen LogP contribution in [0.5, 0.6) is 0 Å². The van der Waals surface area contributed by atoms with E-state index in [0.717, 1.165) is 19.3 Å². The highest BCUT2D eigenvalue weighted by molar-refractivity contribution is 7.10. The molecule has 0 amide bonds. The van der Waals surface area contributed by atoms with E-state index in [4.69, 9.17) is 0 Å². The van der Waals surface area contributed by atoms with E-state index in [1.165, 1.54) is 41.7 Å². The molecule has 1 nitrogen and oxygen atoms in total. The molecule has 0 fully saturated rings. The molecular formula is C15H22OS. The molecule has 1 aromatic rings. The average molecular weight is 250 g/mol. The van der Waals surface area contributed by atoms with Gasteiger partial charge in [0.1, 0.15) is 6.10 Å². The van der Waals surface area contributed by atoms with Crippen molar-refractivity contribution >= 4 is 11.3 Å². The van der Waals surface area contributed by atoms with E-state index in [1.54, 1.807) is 11.3 Å². The standard InChI is InChI=1S/C15H22OS/c1-2-12-10-11-17-15(12)14(16)13-8-6-4-3-5-7-9-13/h8,10-11,14,16H,2-7,9H2,1H3/b13-8+.